The van der Waals surface area contributed by atoms with Crippen molar-refractivity contribution in [3.63, 3.8) is 0 Å². The standard InChI is InChI=1S/C11H18N4O/c1-7(16)6-13-10-5-9(12-2)14-11(15-10)8-3-4-8/h5,7-8,16H,3-4,6H2,1-2H3,(H2,12,13,14,15). The van der Waals surface area contributed by atoms with E-state index in [1.807, 2.05) is 13.1 Å². The van der Waals surface area contributed by atoms with Crippen LogP contribution in [-0.4, -0.2) is 34.8 Å². The van der Waals surface area contributed by atoms with Crippen molar-refractivity contribution in [3.8, 4) is 0 Å². The van der Waals surface area contributed by atoms with Gasteiger partial charge in [-0.2, -0.15) is 0 Å². The largest absolute Gasteiger partial charge is 0.392 e. The van der Waals surface area contributed by atoms with Gasteiger partial charge in [-0.05, 0) is 19.8 Å². The highest BCUT2D eigenvalue weighted by Gasteiger charge is 2.27. The maximum absolute atomic E-state index is 9.21. The number of nitrogens with zero attached hydrogens (tertiary/aromatic N) is 2. The van der Waals surface area contributed by atoms with Crippen molar-refractivity contribution < 1.29 is 5.11 Å². The van der Waals surface area contributed by atoms with Gasteiger partial charge in [0.15, 0.2) is 0 Å². The molecule has 1 aliphatic rings. The first-order chi connectivity index (χ1) is 7.69. The Labute approximate surface area is 95.3 Å². The van der Waals surface area contributed by atoms with E-state index in [-0.39, 0.29) is 6.10 Å². The smallest absolute Gasteiger partial charge is 0.136 e. The number of hydrogen-bond acceptors (Lipinski definition) is 5. The fourth-order valence-corrected chi connectivity index (χ4v) is 1.46. The van der Waals surface area contributed by atoms with Crippen molar-refractivity contribution in [1.29, 1.82) is 0 Å². The minimum Gasteiger partial charge on any atom is -0.392 e. The van der Waals surface area contributed by atoms with E-state index in [2.05, 4.69) is 20.6 Å². The van der Waals surface area contributed by atoms with Gasteiger partial charge in [0.25, 0.3) is 0 Å². The molecule has 1 aromatic rings. The zero-order valence-electron chi connectivity index (χ0n) is 9.70. The average Bonchev–Trinajstić information content (AvgIpc) is 3.09. The lowest BCUT2D eigenvalue weighted by molar-refractivity contribution is 0.208. The summed E-state index contributed by atoms with van der Waals surface area (Å²) < 4.78 is 0. The van der Waals surface area contributed by atoms with Gasteiger partial charge in [0.2, 0.25) is 0 Å². The van der Waals surface area contributed by atoms with E-state index in [9.17, 15) is 5.11 Å². The number of aliphatic hydroxyl groups is 1. The Kier molecular flexibility index (Phi) is 3.24. The molecule has 88 valence electrons. The summed E-state index contributed by atoms with van der Waals surface area (Å²) in [5.74, 6) is 3.03. The molecule has 1 saturated carbocycles. The summed E-state index contributed by atoms with van der Waals surface area (Å²) in [4.78, 5) is 8.86. The first kappa shape index (κ1) is 11.1. The second kappa shape index (κ2) is 4.65. The molecule has 0 amide bonds. The quantitative estimate of drug-likeness (QED) is 0.698. The van der Waals surface area contributed by atoms with Crippen LogP contribution in [0.25, 0.3) is 0 Å². The highest BCUT2D eigenvalue weighted by atomic mass is 16.3. The van der Waals surface area contributed by atoms with Crippen LogP contribution in [0, 0.1) is 0 Å². The number of anilines is 2. The van der Waals surface area contributed by atoms with Crippen LogP contribution in [0.15, 0.2) is 6.07 Å². The molecule has 3 N–H and O–H groups in total. The number of hydrogen-bond donors (Lipinski definition) is 3. The SMILES string of the molecule is CNc1cc(NCC(C)O)nc(C2CC2)n1. The summed E-state index contributed by atoms with van der Waals surface area (Å²) in [6.45, 7) is 2.25. The first-order valence-corrected chi connectivity index (χ1v) is 5.67. The Hall–Kier alpha value is -1.36. The highest BCUT2D eigenvalue weighted by Crippen LogP contribution is 2.38. The van der Waals surface area contributed by atoms with Gasteiger partial charge >= 0.3 is 0 Å². The van der Waals surface area contributed by atoms with Crippen LogP contribution in [0.2, 0.25) is 0 Å². The Balaban J connectivity index is 2.12. The molecule has 16 heavy (non-hydrogen) atoms. The zero-order valence-corrected chi connectivity index (χ0v) is 9.70. The van der Waals surface area contributed by atoms with Gasteiger partial charge in [0.05, 0.1) is 6.10 Å². The third-order valence-corrected chi connectivity index (χ3v) is 2.52. The Bertz CT molecular complexity index is 363. The summed E-state index contributed by atoms with van der Waals surface area (Å²) >= 11 is 0. The first-order valence-electron chi connectivity index (χ1n) is 5.67. The lowest BCUT2D eigenvalue weighted by Gasteiger charge is -2.10. The van der Waals surface area contributed by atoms with Crippen molar-refractivity contribution in [2.45, 2.75) is 31.8 Å². The van der Waals surface area contributed by atoms with Crippen LogP contribution in [-0.2, 0) is 0 Å². The van der Waals surface area contributed by atoms with Crippen molar-refractivity contribution >= 4 is 11.6 Å². The molecule has 0 bridgehead atoms. The second-order valence-electron chi connectivity index (χ2n) is 4.25. The molecule has 2 rings (SSSR count). The van der Waals surface area contributed by atoms with Crippen molar-refractivity contribution in [3.05, 3.63) is 11.9 Å². The fourth-order valence-electron chi connectivity index (χ4n) is 1.46. The van der Waals surface area contributed by atoms with Gasteiger partial charge in [-0.25, -0.2) is 9.97 Å². The summed E-state index contributed by atoms with van der Waals surface area (Å²) in [7, 11) is 1.84. The fraction of sp³-hybridized carbons (Fsp3) is 0.636. The van der Waals surface area contributed by atoms with Gasteiger partial charge in [0, 0.05) is 25.6 Å². The number of aromatic nitrogens is 2. The van der Waals surface area contributed by atoms with Gasteiger partial charge in [0.1, 0.15) is 17.5 Å². The van der Waals surface area contributed by atoms with Gasteiger partial charge in [-0.15, -0.1) is 0 Å². The summed E-state index contributed by atoms with van der Waals surface area (Å²) in [6.07, 6.45) is 1.99. The molecule has 1 atom stereocenters. The van der Waals surface area contributed by atoms with Crippen LogP contribution < -0.4 is 10.6 Å². The van der Waals surface area contributed by atoms with E-state index in [1.165, 1.54) is 12.8 Å². The summed E-state index contributed by atoms with van der Waals surface area (Å²) in [6, 6.07) is 1.86. The van der Waals surface area contributed by atoms with Crippen LogP contribution in [0.1, 0.15) is 31.5 Å². The van der Waals surface area contributed by atoms with Crippen LogP contribution in [0.3, 0.4) is 0 Å². The molecule has 5 heteroatoms. The highest BCUT2D eigenvalue weighted by molar-refractivity contribution is 5.47. The predicted molar refractivity (Wildman–Crippen MR) is 63.7 cm³/mol. The predicted octanol–water partition coefficient (Wildman–Crippen LogP) is 1.19. The molecule has 5 nitrogen and oxygen atoms in total. The normalized spacial score (nSPS) is 16.9. The monoisotopic (exact) mass is 222 g/mol. The Morgan fingerprint density at radius 3 is 2.69 bits per heavy atom. The molecule has 0 radical (unpaired) electrons. The molecule has 1 aromatic heterocycles. The molecule has 1 unspecified atom stereocenters. The average molecular weight is 222 g/mol. The van der Waals surface area contributed by atoms with E-state index in [1.54, 1.807) is 6.92 Å². The maximum atomic E-state index is 9.21. The van der Waals surface area contributed by atoms with Gasteiger partial charge in [-0.3, -0.25) is 0 Å². The Morgan fingerprint density at radius 1 is 1.44 bits per heavy atom. The van der Waals surface area contributed by atoms with Crippen molar-refractivity contribution in [2.24, 2.45) is 0 Å². The van der Waals surface area contributed by atoms with E-state index in [4.69, 9.17) is 0 Å². The molecule has 0 aromatic carbocycles. The van der Waals surface area contributed by atoms with E-state index >= 15 is 0 Å². The van der Waals surface area contributed by atoms with Crippen LogP contribution >= 0.6 is 0 Å². The summed E-state index contributed by atoms with van der Waals surface area (Å²) in [5.41, 5.74) is 0. The van der Waals surface area contributed by atoms with Gasteiger partial charge < -0.3 is 15.7 Å². The van der Waals surface area contributed by atoms with E-state index in [0.29, 0.717) is 12.5 Å². The summed E-state index contributed by atoms with van der Waals surface area (Å²) in [5, 5.41) is 15.3. The van der Waals surface area contributed by atoms with Crippen molar-refractivity contribution in [1.82, 2.24) is 9.97 Å². The van der Waals surface area contributed by atoms with Crippen LogP contribution in [0.4, 0.5) is 11.6 Å². The van der Waals surface area contributed by atoms with Crippen molar-refractivity contribution in [2.75, 3.05) is 24.2 Å². The van der Waals surface area contributed by atoms with Gasteiger partial charge in [-0.1, -0.05) is 0 Å². The molecule has 0 aliphatic heterocycles. The molecular weight excluding hydrogens is 204 g/mol. The molecule has 1 heterocycles. The lowest BCUT2D eigenvalue weighted by atomic mass is 10.3. The van der Waals surface area contributed by atoms with Crippen LogP contribution in [0.5, 0.6) is 0 Å². The van der Waals surface area contributed by atoms with E-state index < -0.39 is 0 Å². The number of rotatable bonds is 5. The molecule has 0 saturated heterocycles. The van der Waals surface area contributed by atoms with E-state index in [0.717, 1.165) is 17.5 Å². The third kappa shape index (κ3) is 2.82. The number of aliphatic hydroxyl groups excluding tert-OH is 1. The lowest BCUT2D eigenvalue weighted by Crippen LogP contribution is -2.16. The topological polar surface area (TPSA) is 70.1 Å². The maximum Gasteiger partial charge on any atom is 0.136 e. The zero-order chi connectivity index (χ0) is 11.5. The minimum absolute atomic E-state index is 0.377. The molecule has 1 aliphatic carbocycles. The molecule has 0 spiro atoms. The second-order valence-corrected chi connectivity index (χ2v) is 4.25. The minimum atomic E-state index is -0.377. The molecular formula is C11H18N4O. The molecule has 1 fully saturated rings. The Morgan fingerprint density at radius 2 is 2.12 bits per heavy atom. The number of nitrogens with one attached hydrogen (secondary N) is 2. The third-order valence-electron chi connectivity index (χ3n) is 2.52.